The van der Waals surface area contributed by atoms with Gasteiger partial charge in [0.2, 0.25) is 5.43 Å². The van der Waals surface area contributed by atoms with Gasteiger partial charge >= 0.3 is 0 Å². The average Bonchev–Trinajstić information content (AvgIpc) is 3.10. The minimum Gasteiger partial charge on any atom is -0.503 e. The second-order valence-electron chi connectivity index (χ2n) is 9.96. The number of hydrogen-bond acceptors (Lipinski definition) is 3. The van der Waals surface area contributed by atoms with Crippen molar-refractivity contribution in [3.05, 3.63) is 62.8 Å². The van der Waals surface area contributed by atoms with Gasteiger partial charge in [-0.3, -0.25) is 9.59 Å². The van der Waals surface area contributed by atoms with Crippen LogP contribution in [0.2, 0.25) is 0 Å². The Bertz CT molecular complexity index is 1200. The lowest BCUT2D eigenvalue weighted by Crippen LogP contribution is -2.38. The van der Waals surface area contributed by atoms with Crippen LogP contribution in [0.5, 0.6) is 5.75 Å². The number of carbonyl (C=O) groups excluding carboxylic acids is 1. The number of hydrogen-bond donors (Lipinski definition) is 2. The summed E-state index contributed by atoms with van der Waals surface area (Å²) in [6.45, 7) is 2.43. The van der Waals surface area contributed by atoms with Crippen LogP contribution in [-0.2, 0) is 19.5 Å². The molecule has 8 heteroatoms. The largest absolute Gasteiger partial charge is 0.503 e. The quantitative estimate of drug-likeness (QED) is 0.764. The third-order valence-electron chi connectivity index (χ3n) is 8.68. The van der Waals surface area contributed by atoms with Crippen LogP contribution in [0, 0.1) is 58.9 Å². The van der Waals surface area contributed by atoms with Crippen molar-refractivity contribution in [3.8, 4) is 5.75 Å². The molecule has 2 bridgehead atoms. The van der Waals surface area contributed by atoms with Gasteiger partial charge in [-0.2, -0.15) is 0 Å². The Hall–Kier alpha value is -2.77. The first-order valence-corrected chi connectivity index (χ1v) is 11.1. The monoisotopic (exact) mass is 444 g/mol. The molecule has 2 unspecified atom stereocenters. The fourth-order valence-corrected chi connectivity index (χ4v) is 7.31. The lowest BCUT2D eigenvalue weighted by atomic mass is 9.74. The van der Waals surface area contributed by atoms with Crippen LogP contribution in [0.3, 0.4) is 0 Å². The van der Waals surface area contributed by atoms with Gasteiger partial charge in [0.15, 0.2) is 5.75 Å². The fourth-order valence-electron chi connectivity index (χ4n) is 7.31. The van der Waals surface area contributed by atoms with Crippen molar-refractivity contribution >= 4 is 5.91 Å². The highest BCUT2D eigenvalue weighted by Crippen LogP contribution is 2.73. The highest BCUT2D eigenvalue weighted by molar-refractivity contribution is 5.94. The Morgan fingerprint density at radius 3 is 2.47 bits per heavy atom. The average molecular weight is 444 g/mol. The molecule has 3 aliphatic carbocycles. The second-order valence-corrected chi connectivity index (χ2v) is 9.96. The van der Waals surface area contributed by atoms with Crippen molar-refractivity contribution in [2.75, 3.05) is 0 Å². The number of nitrogens with zero attached hydrogens (tertiary/aromatic N) is 1. The summed E-state index contributed by atoms with van der Waals surface area (Å²) in [7, 11) is 0. The molecule has 7 atom stereocenters. The second kappa shape index (κ2) is 6.62. The third-order valence-corrected chi connectivity index (χ3v) is 8.68. The predicted molar refractivity (Wildman–Crippen MR) is 108 cm³/mol. The van der Waals surface area contributed by atoms with Gasteiger partial charge in [0.1, 0.15) is 23.0 Å². The third kappa shape index (κ3) is 2.64. The minimum atomic E-state index is -1.12. The molecule has 6 rings (SSSR count). The van der Waals surface area contributed by atoms with Crippen LogP contribution < -0.4 is 10.7 Å². The van der Waals surface area contributed by atoms with Crippen molar-refractivity contribution < 1.29 is 23.1 Å². The molecule has 2 heterocycles. The van der Waals surface area contributed by atoms with E-state index in [1.54, 1.807) is 0 Å². The summed E-state index contributed by atoms with van der Waals surface area (Å²) in [4.78, 5) is 25.4. The Morgan fingerprint density at radius 1 is 1.12 bits per heavy atom. The fraction of sp³-hybridized carbons (Fsp3) is 0.500. The number of aromatic hydroxyl groups is 1. The van der Waals surface area contributed by atoms with Gasteiger partial charge in [0.25, 0.3) is 5.91 Å². The standard InChI is InChI=1S/C24H23F3N2O3/c1-9-20-12-4-13(21(9)20)15-7-29-8-16(22(30)23(31)19(29)5-11(12)15)24(32)28-6-14-17(26)2-10(25)3-18(14)27/h2-3,8-9,11-13,15,20-21,31H,4-7H2,1H3,(H,28,32)/t9-,11+,12?,13?,15-,20-,21+/m1/s1. The molecular formula is C24H23F3N2O3. The lowest BCUT2D eigenvalue weighted by molar-refractivity contribution is 0.0946. The molecule has 0 saturated heterocycles. The van der Waals surface area contributed by atoms with Crippen molar-refractivity contribution in [3.63, 3.8) is 0 Å². The molecule has 3 fully saturated rings. The Balaban J connectivity index is 1.26. The molecule has 3 saturated carbocycles. The number of benzene rings is 1. The summed E-state index contributed by atoms with van der Waals surface area (Å²) in [5, 5.41) is 12.9. The van der Waals surface area contributed by atoms with Crippen LogP contribution in [0.15, 0.2) is 23.1 Å². The van der Waals surface area contributed by atoms with Gasteiger partial charge in [-0.05, 0) is 54.3 Å². The maximum Gasteiger partial charge on any atom is 0.257 e. The van der Waals surface area contributed by atoms with E-state index in [-0.39, 0.29) is 5.56 Å². The van der Waals surface area contributed by atoms with Crippen LogP contribution in [0.1, 0.15) is 35.0 Å². The topological polar surface area (TPSA) is 71.3 Å². The van der Waals surface area contributed by atoms with E-state index in [0.29, 0.717) is 54.5 Å². The Labute approximate surface area is 182 Å². The van der Waals surface area contributed by atoms with Gasteiger partial charge in [0, 0.05) is 37.0 Å². The maximum absolute atomic E-state index is 13.9. The maximum atomic E-state index is 13.9. The molecule has 32 heavy (non-hydrogen) atoms. The lowest BCUT2D eigenvalue weighted by Gasteiger charge is -2.37. The summed E-state index contributed by atoms with van der Waals surface area (Å²) in [6, 6.07) is 1.06. The number of halogens is 3. The number of fused-ring (bicyclic) bond motifs is 9. The first-order valence-electron chi connectivity index (χ1n) is 11.1. The molecule has 2 aromatic rings. The number of nitrogens with one attached hydrogen (secondary N) is 1. The van der Waals surface area contributed by atoms with Gasteiger partial charge < -0.3 is 15.0 Å². The van der Waals surface area contributed by atoms with E-state index < -0.39 is 46.6 Å². The SMILES string of the molecule is C[C@H]1[C@H]2C3CC([C@@H]12)[C@@H]1Cc2c(O)c(=O)c(C(=O)NCc4c(F)cc(F)cc4F)cn2C[C@@H]31. The summed E-state index contributed by atoms with van der Waals surface area (Å²) in [6.07, 6.45) is 3.31. The molecule has 0 spiro atoms. The number of aromatic nitrogens is 1. The Kier molecular flexibility index (Phi) is 4.11. The molecule has 1 aromatic heterocycles. The van der Waals surface area contributed by atoms with Crippen LogP contribution >= 0.6 is 0 Å². The van der Waals surface area contributed by atoms with Crippen LogP contribution in [0.25, 0.3) is 0 Å². The van der Waals surface area contributed by atoms with Gasteiger partial charge in [-0.1, -0.05) is 6.92 Å². The van der Waals surface area contributed by atoms with Crippen LogP contribution in [-0.4, -0.2) is 15.6 Å². The molecule has 1 aromatic carbocycles. The van der Waals surface area contributed by atoms with Crippen molar-refractivity contribution in [2.24, 2.45) is 41.4 Å². The summed E-state index contributed by atoms with van der Waals surface area (Å²) in [5.74, 6) is 0.0720. The van der Waals surface area contributed by atoms with E-state index in [1.165, 1.54) is 12.6 Å². The van der Waals surface area contributed by atoms with Crippen molar-refractivity contribution in [1.29, 1.82) is 0 Å². The van der Waals surface area contributed by atoms with E-state index in [1.807, 2.05) is 4.57 Å². The Morgan fingerprint density at radius 2 is 1.78 bits per heavy atom. The highest BCUT2D eigenvalue weighted by atomic mass is 19.1. The molecular weight excluding hydrogens is 421 g/mol. The van der Waals surface area contributed by atoms with Gasteiger partial charge in [0.05, 0.1) is 5.69 Å². The van der Waals surface area contributed by atoms with Crippen molar-refractivity contribution in [1.82, 2.24) is 9.88 Å². The molecule has 4 aliphatic rings. The summed E-state index contributed by atoms with van der Waals surface area (Å²) in [5.41, 5.74) is -0.984. The zero-order valence-electron chi connectivity index (χ0n) is 17.4. The van der Waals surface area contributed by atoms with E-state index in [0.717, 1.165) is 17.8 Å². The van der Waals surface area contributed by atoms with Crippen LogP contribution in [0.4, 0.5) is 13.2 Å². The molecule has 168 valence electrons. The molecule has 0 radical (unpaired) electrons. The number of carbonyl (C=O) groups is 1. The number of rotatable bonds is 3. The molecule has 1 amide bonds. The minimum absolute atomic E-state index is 0.270. The molecule has 2 N–H and O–H groups in total. The highest BCUT2D eigenvalue weighted by Gasteiger charge is 2.69. The van der Waals surface area contributed by atoms with Gasteiger partial charge in [-0.15, -0.1) is 0 Å². The van der Waals surface area contributed by atoms with E-state index in [2.05, 4.69) is 12.2 Å². The van der Waals surface area contributed by atoms with E-state index in [9.17, 15) is 27.9 Å². The van der Waals surface area contributed by atoms with Crippen molar-refractivity contribution in [2.45, 2.75) is 32.9 Å². The first kappa shape index (κ1) is 19.9. The number of amides is 1. The van der Waals surface area contributed by atoms with Gasteiger partial charge in [-0.25, -0.2) is 13.2 Å². The smallest absolute Gasteiger partial charge is 0.257 e. The zero-order chi connectivity index (χ0) is 22.5. The normalized spacial score (nSPS) is 33.4. The summed E-state index contributed by atoms with van der Waals surface area (Å²) >= 11 is 0. The number of pyridine rings is 1. The van der Waals surface area contributed by atoms with E-state index >= 15 is 0 Å². The molecule has 5 nitrogen and oxygen atoms in total. The first-order chi connectivity index (χ1) is 15.3. The summed E-state index contributed by atoms with van der Waals surface area (Å²) < 4.78 is 42.6. The molecule has 1 aliphatic heterocycles. The zero-order valence-corrected chi connectivity index (χ0v) is 17.4. The predicted octanol–water partition coefficient (Wildman–Crippen LogP) is 3.22. The van der Waals surface area contributed by atoms with E-state index in [4.69, 9.17) is 0 Å².